The first-order chi connectivity index (χ1) is 12.7. The van der Waals surface area contributed by atoms with Crippen molar-refractivity contribution in [2.24, 2.45) is 0 Å². The highest BCUT2D eigenvalue weighted by Gasteiger charge is 2.31. The number of halogens is 2. The summed E-state index contributed by atoms with van der Waals surface area (Å²) >= 11 is 9.23. The van der Waals surface area contributed by atoms with Crippen LogP contribution in [0.4, 0.5) is 5.69 Å². The Morgan fingerprint density at radius 3 is 2.59 bits per heavy atom. The van der Waals surface area contributed by atoms with E-state index < -0.39 is 10.0 Å². The van der Waals surface area contributed by atoms with Gasteiger partial charge >= 0.3 is 0 Å². The number of hydrogen-bond acceptors (Lipinski definition) is 3. The van der Waals surface area contributed by atoms with Gasteiger partial charge in [-0.15, -0.1) is 0 Å². The van der Waals surface area contributed by atoms with Gasteiger partial charge in [-0.05, 0) is 71.1 Å². The molecule has 0 spiro atoms. The molecule has 144 valence electrons. The highest BCUT2D eigenvalue weighted by atomic mass is 79.9. The average molecular weight is 472 g/mol. The van der Waals surface area contributed by atoms with Crippen LogP contribution in [-0.4, -0.2) is 26.9 Å². The second-order valence-corrected chi connectivity index (χ2v) is 9.65. The molecule has 27 heavy (non-hydrogen) atoms. The Balaban J connectivity index is 1.80. The van der Waals surface area contributed by atoms with E-state index in [0.717, 1.165) is 11.1 Å². The van der Waals surface area contributed by atoms with Gasteiger partial charge in [0.15, 0.2) is 0 Å². The summed E-state index contributed by atoms with van der Waals surface area (Å²) in [5, 5.41) is 0.644. The maximum absolute atomic E-state index is 12.8. The molecule has 5 nitrogen and oxygen atoms in total. The summed E-state index contributed by atoms with van der Waals surface area (Å²) in [5.41, 5.74) is 2.62. The summed E-state index contributed by atoms with van der Waals surface area (Å²) in [6, 6.07) is 10.7. The third-order valence-corrected chi connectivity index (χ3v) is 7.27. The summed E-state index contributed by atoms with van der Waals surface area (Å²) < 4.78 is 28.7. The molecule has 8 heteroatoms. The summed E-state index contributed by atoms with van der Waals surface area (Å²) in [7, 11) is -3.72. The van der Waals surface area contributed by atoms with Gasteiger partial charge in [0.2, 0.25) is 15.9 Å². The van der Waals surface area contributed by atoms with E-state index >= 15 is 0 Å². The van der Waals surface area contributed by atoms with E-state index in [1.165, 1.54) is 6.92 Å². The fraction of sp³-hybridized carbons (Fsp3) is 0.316. The van der Waals surface area contributed by atoms with Crippen molar-refractivity contribution in [3.8, 4) is 0 Å². The first-order valence-electron chi connectivity index (χ1n) is 8.55. The molecule has 1 unspecified atom stereocenters. The van der Waals surface area contributed by atoms with Crippen molar-refractivity contribution in [3.63, 3.8) is 0 Å². The number of fused-ring (bicyclic) bond motifs is 1. The van der Waals surface area contributed by atoms with Crippen molar-refractivity contribution in [2.75, 3.05) is 11.4 Å². The third-order valence-electron chi connectivity index (χ3n) is 4.60. The number of rotatable bonds is 5. The van der Waals surface area contributed by atoms with E-state index in [-0.39, 0.29) is 23.4 Å². The molecule has 0 aromatic heterocycles. The Kier molecular flexibility index (Phi) is 5.96. The minimum Gasteiger partial charge on any atom is -0.309 e. The lowest BCUT2D eigenvalue weighted by Gasteiger charge is -2.21. The van der Waals surface area contributed by atoms with Crippen LogP contribution in [0.3, 0.4) is 0 Å². The highest BCUT2D eigenvalue weighted by molar-refractivity contribution is 9.10. The standard InChI is InChI=1S/C19H20BrClN2O3S/c1-12-9-15-10-17(20)19(11-18(15)23(12)13(2)24)27(25,26)22-8-7-14-3-5-16(21)6-4-14/h3-6,10-12,22H,7-9H2,1-2H3. The van der Waals surface area contributed by atoms with Crippen LogP contribution in [0, 0.1) is 0 Å². The number of nitrogens with one attached hydrogen (secondary N) is 1. The van der Waals surface area contributed by atoms with Gasteiger partial charge < -0.3 is 4.90 Å². The first-order valence-corrected chi connectivity index (χ1v) is 11.2. The molecule has 0 saturated carbocycles. The molecule has 2 aromatic carbocycles. The molecule has 1 aliphatic rings. The van der Waals surface area contributed by atoms with E-state index in [0.29, 0.717) is 28.0 Å². The van der Waals surface area contributed by atoms with Crippen molar-refractivity contribution in [1.29, 1.82) is 0 Å². The zero-order valence-corrected chi connectivity index (χ0v) is 18.2. The molecule has 3 rings (SSSR count). The second-order valence-electron chi connectivity index (χ2n) is 6.63. The smallest absolute Gasteiger partial charge is 0.241 e. The van der Waals surface area contributed by atoms with Gasteiger partial charge in [-0.25, -0.2) is 13.1 Å². The molecular formula is C19H20BrClN2O3S. The third kappa shape index (κ3) is 4.37. The molecule has 1 N–H and O–H groups in total. The Bertz CT molecular complexity index is 977. The quantitative estimate of drug-likeness (QED) is 0.719. The van der Waals surface area contributed by atoms with Gasteiger partial charge in [0.1, 0.15) is 0 Å². The predicted octanol–water partition coefficient (Wildman–Crippen LogP) is 3.92. The SMILES string of the molecule is CC(=O)N1c2cc(S(=O)(=O)NCCc3ccc(Cl)cc3)c(Br)cc2CC1C. The van der Waals surface area contributed by atoms with Crippen LogP contribution >= 0.6 is 27.5 Å². The number of nitrogens with zero attached hydrogens (tertiary/aromatic N) is 1. The zero-order chi connectivity index (χ0) is 19.8. The number of carbonyl (C=O) groups excluding carboxylic acids is 1. The first kappa shape index (κ1) is 20.3. The number of hydrogen-bond donors (Lipinski definition) is 1. The van der Waals surface area contributed by atoms with Crippen LogP contribution in [-0.2, 0) is 27.7 Å². The maximum Gasteiger partial charge on any atom is 0.241 e. The zero-order valence-electron chi connectivity index (χ0n) is 15.0. The average Bonchev–Trinajstić information content (AvgIpc) is 2.90. The van der Waals surface area contributed by atoms with Crippen LogP contribution in [0.15, 0.2) is 45.8 Å². The lowest BCUT2D eigenvalue weighted by Crippen LogP contribution is -2.33. The topological polar surface area (TPSA) is 66.5 Å². The largest absolute Gasteiger partial charge is 0.309 e. The summed E-state index contributed by atoms with van der Waals surface area (Å²) in [5.74, 6) is -0.0948. The summed E-state index contributed by atoms with van der Waals surface area (Å²) in [6.07, 6.45) is 1.26. The maximum atomic E-state index is 12.8. The fourth-order valence-electron chi connectivity index (χ4n) is 3.36. The number of anilines is 1. The number of carbonyl (C=O) groups is 1. The fourth-order valence-corrected chi connectivity index (χ4v) is 5.63. The van der Waals surface area contributed by atoms with Crippen LogP contribution in [0.25, 0.3) is 0 Å². The van der Waals surface area contributed by atoms with Gasteiger partial charge in [0.25, 0.3) is 0 Å². The molecule has 0 bridgehead atoms. The van der Waals surface area contributed by atoms with E-state index in [4.69, 9.17) is 11.6 Å². The van der Waals surface area contributed by atoms with Crippen molar-refractivity contribution >= 4 is 49.1 Å². The Labute approximate surface area is 172 Å². The molecule has 1 aliphatic heterocycles. The Morgan fingerprint density at radius 1 is 1.30 bits per heavy atom. The molecule has 1 heterocycles. The van der Waals surface area contributed by atoms with E-state index in [2.05, 4.69) is 20.7 Å². The summed E-state index contributed by atoms with van der Waals surface area (Å²) in [6.45, 7) is 3.71. The van der Waals surface area contributed by atoms with Gasteiger partial charge in [0.05, 0.1) is 4.90 Å². The van der Waals surface area contributed by atoms with Gasteiger partial charge in [-0.3, -0.25) is 4.79 Å². The minimum absolute atomic E-state index is 0.0141. The Morgan fingerprint density at radius 2 is 1.96 bits per heavy atom. The number of sulfonamides is 1. The predicted molar refractivity (Wildman–Crippen MR) is 111 cm³/mol. The lowest BCUT2D eigenvalue weighted by molar-refractivity contribution is -0.116. The monoisotopic (exact) mass is 470 g/mol. The van der Waals surface area contributed by atoms with E-state index in [1.807, 2.05) is 19.1 Å². The van der Waals surface area contributed by atoms with E-state index in [1.54, 1.807) is 29.2 Å². The van der Waals surface area contributed by atoms with Crippen LogP contribution in [0.1, 0.15) is 25.0 Å². The molecule has 2 aromatic rings. The van der Waals surface area contributed by atoms with Gasteiger partial charge in [-0.1, -0.05) is 23.7 Å². The van der Waals surface area contributed by atoms with Crippen LogP contribution < -0.4 is 9.62 Å². The number of benzene rings is 2. The van der Waals surface area contributed by atoms with Gasteiger partial charge in [0, 0.05) is 34.7 Å². The van der Waals surface area contributed by atoms with Crippen molar-refractivity contribution < 1.29 is 13.2 Å². The molecule has 0 saturated heterocycles. The highest BCUT2D eigenvalue weighted by Crippen LogP contribution is 2.37. The van der Waals surface area contributed by atoms with Crippen LogP contribution in [0.5, 0.6) is 0 Å². The second kappa shape index (κ2) is 7.91. The number of amides is 1. The molecule has 0 aliphatic carbocycles. The molecule has 0 radical (unpaired) electrons. The molecule has 1 atom stereocenters. The normalized spacial score (nSPS) is 16.4. The van der Waals surface area contributed by atoms with Gasteiger partial charge in [-0.2, -0.15) is 0 Å². The summed E-state index contributed by atoms with van der Waals surface area (Å²) in [4.78, 5) is 13.7. The van der Waals surface area contributed by atoms with E-state index in [9.17, 15) is 13.2 Å². The van der Waals surface area contributed by atoms with Crippen molar-refractivity contribution in [1.82, 2.24) is 4.72 Å². The van der Waals surface area contributed by atoms with Crippen molar-refractivity contribution in [2.45, 2.75) is 37.6 Å². The lowest BCUT2D eigenvalue weighted by atomic mass is 10.1. The minimum atomic E-state index is -3.72. The molecular weight excluding hydrogens is 452 g/mol. The molecule has 0 fully saturated rings. The van der Waals surface area contributed by atoms with Crippen molar-refractivity contribution in [3.05, 3.63) is 57.0 Å². The van der Waals surface area contributed by atoms with Crippen LogP contribution in [0.2, 0.25) is 5.02 Å². The molecule has 1 amide bonds. The Hall–Kier alpha value is -1.41.